The molecule has 0 amide bonds. The molecule has 1 aliphatic rings. The predicted molar refractivity (Wildman–Crippen MR) is 81.2 cm³/mol. The summed E-state index contributed by atoms with van der Waals surface area (Å²) in [4.78, 5) is 2.68. The summed E-state index contributed by atoms with van der Waals surface area (Å²) in [7, 11) is -1.04. The lowest BCUT2D eigenvalue weighted by molar-refractivity contribution is 0.229. The number of hydrogen-bond acceptors (Lipinski definition) is 1. The van der Waals surface area contributed by atoms with Crippen molar-refractivity contribution in [2.45, 2.75) is 64.6 Å². The van der Waals surface area contributed by atoms with Crippen molar-refractivity contribution in [1.82, 2.24) is 4.90 Å². The second-order valence-corrected chi connectivity index (χ2v) is 10.5. The van der Waals surface area contributed by atoms with Crippen LogP contribution in [0.3, 0.4) is 0 Å². The Bertz CT molecular complexity index is 215. The molecule has 1 nitrogen and oxygen atoms in total. The molecule has 0 aromatic carbocycles. The maximum absolute atomic E-state index is 2.68. The van der Waals surface area contributed by atoms with Crippen LogP contribution in [0.5, 0.6) is 0 Å². The summed E-state index contributed by atoms with van der Waals surface area (Å²) in [6.45, 7) is 11.1. The van der Waals surface area contributed by atoms with Crippen molar-refractivity contribution in [3.05, 3.63) is 11.8 Å². The third kappa shape index (κ3) is 4.97. The molecule has 100 valence electrons. The number of allylic oxidation sites excluding steroid dienone is 1. The van der Waals surface area contributed by atoms with Crippen LogP contribution in [0.1, 0.15) is 46.5 Å². The van der Waals surface area contributed by atoms with Crippen molar-refractivity contribution in [3.8, 4) is 0 Å². The highest BCUT2D eigenvalue weighted by atomic mass is 28.3. The molecule has 0 aromatic heterocycles. The van der Waals surface area contributed by atoms with Gasteiger partial charge in [-0.2, -0.15) is 0 Å². The third-order valence-corrected chi connectivity index (χ3v) is 9.73. The van der Waals surface area contributed by atoms with Crippen LogP contribution in [0.2, 0.25) is 18.1 Å². The third-order valence-electron chi connectivity index (χ3n) is 4.53. The fourth-order valence-corrected chi connectivity index (χ4v) is 6.53. The van der Waals surface area contributed by atoms with E-state index >= 15 is 0 Å². The van der Waals surface area contributed by atoms with E-state index in [1.54, 1.807) is 0 Å². The fourth-order valence-electron chi connectivity index (χ4n) is 3.11. The summed E-state index contributed by atoms with van der Waals surface area (Å²) in [6.07, 6.45) is 8.05. The van der Waals surface area contributed by atoms with Gasteiger partial charge in [0.1, 0.15) is 0 Å². The summed E-state index contributed by atoms with van der Waals surface area (Å²) >= 11 is 0. The molecule has 0 saturated carbocycles. The van der Waals surface area contributed by atoms with Crippen LogP contribution < -0.4 is 0 Å². The summed E-state index contributed by atoms with van der Waals surface area (Å²) in [6, 6.07) is 4.35. The van der Waals surface area contributed by atoms with Crippen molar-refractivity contribution >= 4 is 8.07 Å². The number of piperidine rings is 1. The van der Waals surface area contributed by atoms with E-state index in [9.17, 15) is 0 Å². The normalized spacial score (nSPS) is 19.0. The Balaban J connectivity index is 2.30. The van der Waals surface area contributed by atoms with E-state index < -0.39 is 8.07 Å². The van der Waals surface area contributed by atoms with E-state index in [0.29, 0.717) is 0 Å². The average Bonchev–Trinajstić information content (AvgIpc) is 2.39. The van der Waals surface area contributed by atoms with Crippen molar-refractivity contribution in [2.75, 3.05) is 19.6 Å². The minimum absolute atomic E-state index is 1.04. The first-order valence-corrected chi connectivity index (χ1v) is 10.3. The smallest absolute Gasteiger partial charge is 0.0769 e. The van der Waals surface area contributed by atoms with Crippen LogP contribution in [0.25, 0.3) is 0 Å². The number of nitrogens with zero attached hydrogens (tertiary/aromatic N) is 1. The summed E-state index contributed by atoms with van der Waals surface area (Å²) < 4.78 is 0. The molecule has 0 atom stereocenters. The first-order valence-electron chi connectivity index (χ1n) is 7.62. The van der Waals surface area contributed by atoms with Crippen LogP contribution in [0, 0.1) is 0 Å². The van der Waals surface area contributed by atoms with Gasteiger partial charge < -0.3 is 4.90 Å². The van der Waals surface area contributed by atoms with Gasteiger partial charge in [0.25, 0.3) is 0 Å². The van der Waals surface area contributed by atoms with Gasteiger partial charge >= 0.3 is 0 Å². The largest absolute Gasteiger partial charge is 0.303 e. The standard InChI is InChI=1S/C15H31NSi/c1-4-14-17(5-2,6-3)15-10-13-16-11-8-7-9-12-16/h4,14H,5-13,15H2,1-3H3. The van der Waals surface area contributed by atoms with Crippen LogP contribution in [0.15, 0.2) is 11.8 Å². The van der Waals surface area contributed by atoms with E-state index in [2.05, 4.69) is 37.4 Å². The lowest BCUT2D eigenvalue weighted by Gasteiger charge is -2.30. The van der Waals surface area contributed by atoms with E-state index in [1.165, 1.54) is 63.4 Å². The second-order valence-electron chi connectivity index (χ2n) is 5.58. The number of rotatable bonds is 7. The zero-order valence-corrected chi connectivity index (χ0v) is 13.2. The minimum Gasteiger partial charge on any atom is -0.303 e. The quantitative estimate of drug-likeness (QED) is 0.605. The molecule has 1 heterocycles. The Kier molecular flexibility index (Phi) is 7.13. The first kappa shape index (κ1) is 15.0. The monoisotopic (exact) mass is 253 g/mol. The Morgan fingerprint density at radius 1 is 1.06 bits per heavy atom. The highest BCUT2D eigenvalue weighted by molar-refractivity contribution is 6.84. The van der Waals surface area contributed by atoms with Crippen LogP contribution >= 0.6 is 0 Å². The van der Waals surface area contributed by atoms with Gasteiger partial charge in [-0.25, -0.2) is 0 Å². The Morgan fingerprint density at radius 2 is 1.71 bits per heavy atom. The zero-order chi connectivity index (χ0) is 12.6. The van der Waals surface area contributed by atoms with Gasteiger partial charge in [0, 0.05) is 0 Å². The molecule has 1 aliphatic heterocycles. The van der Waals surface area contributed by atoms with Crippen LogP contribution in [0.4, 0.5) is 0 Å². The first-order chi connectivity index (χ1) is 8.26. The topological polar surface area (TPSA) is 3.24 Å². The highest BCUT2D eigenvalue weighted by Gasteiger charge is 2.25. The summed E-state index contributed by atoms with van der Waals surface area (Å²) in [5, 5.41) is 0. The molecule has 0 spiro atoms. The maximum atomic E-state index is 2.68. The average molecular weight is 254 g/mol. The lowest BCUT2D eigenvalue weighted by Crippen LogP contribution is -2.34. The van der Waals surface area contributed by atoms with Gasteiger partial charge in [-0.3, -0.25) is 0 Å². The molecule has 0 bridgehead atoms. The molecule has 0 aliphatic carbocycles. The van der Waals surface area contributed by atoms with E-state index in [4.69, 9.17) is 0 Å². The molecule has 0 radical (unpaired) electrons. The molecule has 0 unspecified atom stereocenters. The van der Waals surface area contributed by atoms with Gasteiger partial charge in [-0.05, 0) is 45.8 Å². The summed E-state index contributed by atoms with van der Waals surface area (Å²) in [5.41, 5.74) is 2.59. The molecule has 1 rings (SSSR count). The van der Waals surface area contributed by atoms with Gasteiger partial charge in [-0.1, -0.05) is 50.2 Å². The molecule has 0 aromatic rings. The van der Waals surface area contributed by atoms with Gasteiger partial charge in [0.2, 0.25) is 0 Å². The Hall–Kier alpha value is -0.0831. The van der Waals surface area contributed by atoms with Crippen molar-refractivity contribution < 1.29 is 0 Å². The Labute approximate surface area is 109 Å². The van der Waals surface area contributed by atoms with Crippen LogP contribution in [-0.2, 0) is 0 Å². The van der Waals surface area contributed by atoms with Crippen molar-refractivity contribution in [2.24, 2.45) is 0 Å². The van der Waals surface area contributed by atoms with Gasteiger partial charge in [-0.15, -0.1) is 0 Å². The minimum atomic E-state index is -1.04. The van der Waals surface area contributed by atoms with Crippen molar-refractivity contribution in [1.29, 1.82) is 0 Å². The Morgan fingerprint density at radius 3 is 2.24 bits per heavy atom. The lowest BCUT2D eigenvalue weighted by atomic mass is 10.1. The van der Waals surface area contributed by atoms with E-state index in [-0.39, 0.29) is 0 Å². The maximum Gasteiger partial charge on any atom is 0.0769 e. The molecular formula is C15H31NSi. The van der Waals surface area contributed by atoms with Gasteiger partial charge in [0.05, 0.1) is 8.07 Å². The summed E-state index contributed by atoms with van der Waals surface area (Å²) in [5.74, 6) is 0. The molecule has 1 saturated heterocycles. The predicted octanol–water partition coefficient (Wildman–Crippen LogP) is 4.47. The molecule has 2 heteroatoms. The van der Waals surface area contributed by atoms with E-state index in [1.807, 2.05) is 0 Å². The molecular weight excluding hydrogens is 222 g/mol. The second kappa shape index (κ2) is 8.10. The highest BCUT2D eigenvalue weighted by Crippen LogP contribution is 2.24. The van der Waals surface area contributed by atoms with Gasteiger partial charge in [0.15, 0.2) is 0 Å². The number of hydrogen-bond donors (Lipinski definition) is 0. The zero-order valence-electron chi connectivity index (χ0n) is 12.2. The molecule has 1 fully saturated rings. The van der Waals surface area contributed by atoms with Crippen molar-refractivity contribution in [3.63, 3.8) is 0 Å². The number of likely N-dealkylation sites (tertiary alicyclic amines) is 1. The van der Waals surface area contributed by atoms with E-state index in [0.717, 1.165) is 0 Å². The molecule has 17 heavy (non-hydrogen) atoms. The molecule has 0 N–H and O–H groups in total. The van der Waals surface area contributed by atoms with Crippen LogP contribution in [-0.4, -0.2) is 32.6 Å². The SMILES string of the molecule is CC=C[Si](CC)(CC)CCCN1CCCCC1. The fraction of sp³-hybridized carbons (Fsp3) is 0.867.